The number of pyridine rings is 1. The number of aromatic nitrogens is 1. The van der Waals surface area contributed by atoms with E-state index in [-0.39, 0.29) is 0 Å². The SMILES string of the molecule is CCNC(=NCCCOCC1CCOCC1)NC1CCN(Cc2ccccn2)CC1. The molecule has 1 aromatic heterocycles. The van der Waals surface area contributed by atoms with Gasteiger partial charge in [0.2, 0.25) is 0 Å². The van der Waals surface area contributed by atoms with Crippen molar-refractivity contribution in [2.45, 2.75) is 51.6 Å². The summed E-state index contributed by atoms with van der Waals surface area (Å²) in [6.45, 7) is 10.3. The number of nitrogens with zero attached hydrogens (tertiary/aromatic N) is 3. The molecule has 7 heteroatoms. The van der Waals surface area contributed by atoms with Crippen LogP contribution in [0.3, 0.4) is 0 Å². The second-order valence-corrected chi connectivity index (χ2v) is 8.26. The third-order valence-electron chi connectivity index (χ3n) is 5.80. The topological polar surface area (TPSA) is 71.0 Å². The van der Waals surface area contributed by atoms with Gasteiger partial charge in [0, 0.05) is 71.4 Å². The highest BCUT2D eigenvalue weighted by Crippen LogP contribution is 2.15. The average Bonchev–Trinajstić information content (AvgIpc) is 2.79. The normalized spacial score (nSPS) is 19.7. The molecule has 2 N–H and O–H groups in total. The molecule has 0 bridgehead atoms. The van der Waals surface area contributed by atoms with Crippen LogP contribution in [0.5, 0.6) is 0 Å². The zero-order valence-electron chi connectivity index (χ0n) is 18.5. The van der Waals surface area contributed by atoms with E-state index >= 15 is 0 Å². The first-order valence-corrected chi connectivity index (χ1v) is 11.7. The summed E-state index contributed by atoms with van der Waals surface area (Å²) in [4.78, 5) is 11.7. The summed E-state index contributed by atoms with van der Waals surface area (Å²) in [5.41, 5.74) is 1.15. The van der Waals surface area contributed by atoms with Crippen LogP contribution < -0.4 is 10.6 Å². The second kappa shape index (κ2) is 13.6. The molecular weight excluding hydrogens is 378 g/mol. The molecule has 1 aromatic rings. The van der Waals surface area contributed by atoms with Gasteiger partial charge < -0.3 is 20.1 Å². The van der Waals surface area contributed by atoms with Crippen LogP contribution >= 0.6 is 0 Å². The van der Waals surface area contributed by atoms with Gasteiger partial charge in [-0.25, -0.2) is 0 Å². The lowest BCUT2D eigenvalue weighted by molar-refractivity contribution is 0.0205. The van der Waals surface area contributed by atoms with Crippen molar-refractivity contribution in [3.8, 4) is 0 Å². The van der Waals surface area contributed by atoms with Crippen molar-refractivity contribution in [1.29, 1.82) is 0 Å². The summed E-state index contributed by atoms with van der Waals surface area (Å²) < 4.78 is 11.2. The molecular formula is C23H39N5O2. The molecule has 2 aliphatic rings. The van der Waals surface area contributed by atoms with E-state index < -0.39 is 0 Å². The quantitative estimate of drug-likeness (QED) is 0.346. The maximum Gasteiger partial charge on any atom is 0.191 e. The van der Waals surface area contributed by atoms with Crippen molar-refractivity contribution in [1.82, 2.24) is 20.5 Å². The number of piperidine rings is 1. The van der Waals surface area contributed by atoms with Crippen LogP contribution in [0.2, 0.25) is 0 Å². The van der Waals surface area contributed by atoms with Crippen LogP contribution in [0, 0.1) is 5.92 Å². The van der Waals surface area contributed by atoms with E-state index in [9.17, 15) is 0 Å². The summed E-state index contributed by atoms with van der Waals surface area (Å²) in [7, 11) is 0. The van der Waals surface area contributed by atoms with Gasteiger partial charge in [0.25, 0.3) is 0 Å². The number of likely N-dealkylation sites (tertiary alicyclic amines) is 1. The molecule has 2 fully saturated rings. The Bertz CT molecular complexity index is 599. The minimum atomic E-state index is 0.479. The molecule has 2 saturated heterocycles. The van der Waals surface area contributed by atoms with Crippen LogP contribution in [0.15, 0.2) is 29.4 Å². The van der Waals surface area contributed by atoms with Crippen molar-refractivity contribution in [3.63, 3.8) is 0 Å². The van der Waals surface area contributed by atoms with Gasteiger partial charge in [-0.15, -0.1) is 0 Å². The Kier molecular flexibility index (Phi) is 10.4. The molecule has 0 aromatic carbocycles. The molecule has 30 heavy (non-hydrogen) atoms. The molecule has 0 radical (unpaired) electrons. The standard InChI is InChI=1S/C23H39N5O2/c1-2-24-23(26-12-5-15-30-19-20-9-16-29-17-10-20)27-21-7-13-28(14-8-21)18-22-6-3-4-11-25-22/h3-4,6,11,20-21H,2,5,7-10,12-19H2,1H3,(H2,24,26,27). The molecule has 168 valence electrons. The summed E-state index contributed by atoms with van der Waals surface area (Å²) in [6.07, 6.45) is 7.36. The van der Waals surface area contributed by atoms with Crippen LogP contribution in [0.1, 0.15) is 44.7 Å². The highest BCUT2D eigenvalue weighted by Gasteiger charge is 2.20. The van der Waals surface area contributed by atoms with E-state index in [2.05, 4.69) is 39.6 Å². The average molecular weight is 418 g/mol. The first-order valence-electron chi connectivity index (χ1n) is 11.7. The fourth-order valence-corrected chi connectivity index (χ4v) is 3.99. The van der Waals surface area contributed by atoms with Gasteiger partial charge in [0.15, 0.2) is 5.96 Å². The highest BCUT2D eigenvalue weighted by atomic mass is 16.5. The number of ether oxygens (including phenoxy) is 2. The van der Waals surface area contributed by atoms with Gasteiger partial charge in [0.05, 0.1) is 5.69 Å². The predicted molar refractivity (Wildman–Crippen MR) is 121 cm³/mol. The van der Waals surface area contributed by atoms with Gasteiger partial charge in [-0.05, 0) is 57.1 Å². The molecule has 3 heterocycles. The Morgan fingerprint density at radius 1 is 1.23 bits per heavy atom. The fourth-order valence-electron chi connectivity index (χ4n) is 3.99. The van der Waals surface area contributed by atoms with Gasteiger partial charge in [-0.2, -0.15) is 0 Å². The molecule has 0 amide bonds. The zero-order valence-corrected chi connectivity index (χ0v) is 18.5. The number of rotatable bonds is 10. The maximum atomic E-state index is 5.85. The second-order valence-electron chi connectivity index (χ2n) is 8.26. The summed E-state index contributed by atoms with van der Waals surface area (Å²) in [5.74, 6) is 1.61. The first-order chi connectivity index (χ1) is 14.8. The van der Waals surface area contributed by atoms with Crippen molar-refractivity contribution < 1.29 is 9.47 Å². The van der Waals surface area contributed by atoms with Crippen molar-refractivity contribution in [2.75, 3.05) is 52.6 Å². The van der Waals surface area contributed by atoms with E-state index in [0.29, 0.717) is 12.0 Å². The van der Waals surface area contributed by atoms with Gasteiger partial charge in [-0.3, -0.25) is 14.9 Å². The van der Waals surface area contributed by atoms with Crippen LogP contribution in [-0.2, 0) is 16.0 Å². The van der Waals surface area contributed by atoms with Crippen LogP contribution in [0.25, 0.3) is 0 Å². The maximum absolute atomic E-state index is 5.85. The highest BCUT2D eigenvalue weighted by molar-refractivity contribution is 5.80. The largest absolute Gasteiger partial charge is 0.381 e. The van der Waals surface area contributed by atoms with Gasteiger partial charge in [-0.1, -0.05) is 6.07 Å². The lowest BCUT2D eigenvalue weighted by Crippen LogP contribution is -2.48. The van der Waals surface area contributed by atoms with E-state index in [1.54, 1.807) is 0 Å². The molecule has 3 rings (SSSR count). The minimum Gasteiger partial charge on any atom is -0.381 e. The lowest BCUT2D eigenvalue weighted by atomic mass is 10.0. The van der Waals surface area contributed by atoms with Crippen LogP contribution in [0.4, 0.5) is 0 Å². The minimum absolute atomic E-state index is 0.479. The first kappa shape index (κ1) is 23.0. The molecule has 0 atom stereocenters. The Morgan fingerprint density at radius 3 is 2.80 bits per heavy atom. The number of aliphatic imine (C=N–C) groups is 1. The fraction of sp³-hybridized carbons (Fsp3) is 0.739. The molecule has 2 aliphatic heterocycles. The Morgan fingerprint density at radius 2 is 2.07 bits per heavy atom. The molecule has 0 unspecified atom stereocenters. The molecule has 0 aliphatic carbocycles. The number of nitrogens with one attached hydrogen (secondary N) is 2. The number of hydrogen-bond donors (Lipinski definition) is 2. The number of guanidine groups is 1. The Labute approximate surface area is 181 Å². The zero-order chi connectivity index (χ0) is 20.9. The predicted octanol–water partition coefficient (Wildman–Crippen LogP) is 2.43. The van der Waals surface area contributed by atoms with E-state index in [0.717, 1.165) is 103 Å². The summed E-state index contributed by atoms with van der Waals surface area (Å²) in [6, 6.07) is 6.62. The van der Waals surface area contributed by atoms with E-state index in [1.807, 2.05) is 12.3 Å². The van der Waals surface area contributed by atoms with E-state index in [1.165, 1.54) is 0 Å². The monoisotopic (exact) mass is 417 g/mol. The van der Waals surface area contributed by atoms with Gasteiger partial charge in [0.1, 0.15) is 0 Å². The van der Waals surface area contributed by atoms with Crippen molar-refractivity contribution in [3.05, 3.63) is 30.1 Å². The third kappa shape index (κ3) is 8.58. The third-order valence-corrected chi connectivity index (χ3v) is 5.80. The molecule has 0 spiro atoms. The molecule has 0 saturated carbocycles. The summed E-state index contributed by atoms with van der Waals surface area (Å²) in [5, 5.41) is 7.01. The van der Waals surface area contributed by atoms with E-state index in [4.69, 9.17) is 14.5 Å². The Balaban J connectivity index is 1.30. The van der Waals surface area contributed by atoms with Crippen molar-refractivity contribution >= 4 is 5.96 Å². The molecule has 7 nitrogen and oxygen atoms in total. The van der Waals surface area contributed by atoms with Crippen LogP contribution in [-0.4, -0.2) is 74.5 Å². The number of hydrogen-bond acceptors (Lipinski definition) is 5. The Hall–Kier alpha value is -1.70. The lowest BCUT2D eigenvalue weighted by Gasteiger charge is -2.32. The smallest absolute Gasteiger partial charge is 0.191 e. The van der Waals surface area contributed by atoms with Gasteiger partial charge >= 0.3 is 0 Å². The van der Waals surface area contributed by atoms with Crippen molar-refractivity contribution in [2.24, 2.45) is 10.9 Å². The summed E-state index contributed by atoms with van der Waals surface area (Å²) >= 11 is 0.